The number of hydrogen-bond acceptors (Lipinski definition) is 3. The van der Waals surface area contributed by atoms with Gasteiger partial charge in [0.15, 0.2) is 0 Å². The Balaban J connectivity index is 1.60. The average molecular weight is 341 g/mol. The number of rotatable bonds is 4. The van der Waals surface area contributed by atoms with Gasteiger partial charge in [0.25, 0.3) is 0 Å². The van der Waals surface area contributed by atoms with Gasteiger partial charge in [0.2, 0.25) is 17.7 Å². The molecule has 0 aliphatic carbocycles. The van der Waals surface area contributed by atoms with Gasteiger partial charge in [-0.1, -0.05) is 12.1 Å². The molecule has 2 heterocycles. The van der Waals surface area contributed by atoms with E-state index in [4.69, 9.17) is 5.73 Å². The standard InChI is InChI=1S/C19H23N3O3/c20-19(25)15-3-1-11-21(13-15)17(23)10-7-14-5-8-16(9-6-14)22-12-2-4-18(22)24/h5-10,15H,1-4,11-13H2,(H2,20,25)/b10-7+. The first-order valence-corrected chi connectivity index (χ1v) is 8.71. The largest absolute Gasteiger partial charge is 0.369 e. The lowest BCUT2D eigenvalue weighted by molar-refractivity contribution is -0.130. The van der Waals surface area contributed by atoms with Crippen molar-refractivity contribution in [3.63, 3.8) is 0 Å². The van der Waals surface area contributed by atoms with Crippen molar-refractivity contribution in [1.82, 2.24) is 4.90 Å². The van der Waals surface area contributed by atoms with Crippen LogP contribution in [0.2, 0.25) is 0 Å². The highest BCUT2D eigenvalue weighted by Crippen LogP contribution is 2.22. The highest BCUT2D eigenvalue weighted by atomic mass is 16.2. The molecule has 2 saturated heterocycles. The summed E-state index contributed by atoms with van der Waals surface area (Å²) in [5.41, 5.74) is 7.14. The molecule has 25 heavy (non-hydrogen) atoms. The third-order valence-electron chi connectivity index (χ3n) is 4.83. The molecule has 2 N–H and O–H groups in total. The molecule has 132 valence electrons. The minimum absolute atomic E-state index is 0.107. The first-order valence-electron chi connectivity index (χ1n) is 8.71. The second-order valence-electron chi connectivity index (χ2n) is 6.60. The number of nitrogens with two attached hydrogens (primary N) is 1. The molecule has 1 aromatic rings. The number of amides is 3. The van der Waals surface area contributed by atoms with Crippen LogP contribution in [-0.4, -0.2) is 42.3 Å². The zero-order chi connectivity index (χ0) is 17.8. The zero-order valence-electron chi connectivity index (χ0n) is 14.2. The normalized spacial score (nSPS) is 21.1. The Kier molecular flexibility index (Phi) is 5.16. The highest BCUT2D eigenvalue weighted by molar-refractivity contribution is 5.95. The molecule has 1 unspecified atom stereocenters. The Labute approximate surface area is 147 Å². The topological polar surface area (TPSA) is 83.7 Å². The van der Waals surface area contributed by atoms with Gasteiger partial charge in [-0.25, -0.2) is 0 Å². The van der Waals surface area contributed by atoms with Crippen LogP contribution in [0.15, 0.2) is 30.3 Å². The first-order chi connectivity index (χ1) is 12.0. The van der Waals surface area contributed by atoms with Crippen LogP contribution in [0.5, 0.6) is 0 Å². The molecule has 2 aliphatic heterocycles. The van der Waals surface area contributed by atoms with Crippen molar-refractivity contribution >= 4 is 29.5 Å². The van der Waals surface area contributed by atoms with E-state index in [-0.39, 0.29) is 23.6 Å². The van der Waals surface area contributed by atoms with Crippen LogP contribution in [0.1, 0.15) is 31.2 Å². The van der Waals surface area contributed by atoms with Crippen LogP contribution in [0.3, 0.4) is 0 Å². The SMILES string of the molecule is NC(=O)C1CCCN(C(=O)/C=C/c2ccc(N3CCCC3=O)cc2)C1. The van der Waals surface area contributed by atoms with Crippen molar-refractivity contribution in [3.8, 4) is 0 Å². The maximum Gasteiger partial charge on any atom is 0.246 e. The summed E-state index contributed by atoms with van der Waals surface area (Å²) in [5.74, 6) is -0.533. The molecule has 3 rings (SSSR count). The lowest BCUT2D eigenvalue weighted by atomic mass is 9.97. The van der Waals surface area contributed by atoms with E-state index in [0.717, 1.165) is 37.1 Å². The van der Waals surface area contributed by atoms with E-state index in [0.29, 0.717) is 19.5 Å². The van der Waals surface area contributed by atoms with Gasteiger partial charge in [0, 0.05) is 37.8 Å². The maximum atomic E-state index is 12.3. The van der Waals surface area contributed by atoms with Crippen molar-refractivity contribution in [2.75, 3.05) is 24.5 Å². The third kappa shape index (κ3) is 4.07. The lowest BCUT2D eigenvalue weighted by Crippen LogP contribution is -2.43. The van der Waals surface area contributed by atoms with Gasteiger partial charge in [-0.3, -0.25) is 14.4 Å². The number of carbonyl (C=O) groups excluding carboxylic acids is 3. The van der Waals surface area contributed by atoms with E-state index >= 15 is 0 Å². The van der Waals surface area contributed by atoms with Crippen LogP contribution < -0.4 is 10.6 Å². The summed E-state index contributed by atoms with van der Waals surface area (Å²) in [6, 6.07) is 7.59. The van der Waals surface area contributed by atoms with Gasteiger partial charge in [-0.15, -0.1) is 0 Å². The van der Waals surface area contributed by atoms with Crippen LogP contribution in [0.4, 0.5) is 5.69 Å². The summed E-state index contributed by atoms with van der Waals surface area (Å²) < 4.78 is 0. The second-order valence-corrected chi connectivity index (χ2v) is 6.60. The van der Waals surface area contributed by atoms with Crippen molar-refractivity contribution in [2.24, 2.45) is 11.7 Å². The van der Waals surface area contributed by atoms with Crippen LogP contribution in [-0.2, 0) is 14.4 Å². The molecule has 6 nitrogen and oxygen atoms in total. The van der Waals surface area contributed by atoms with Gasteiger partial charge in [-0.05, 0) is 43.0 Å². The molecular formula is C19H23N3O3. The number of carbonyl (C=O) groups is 3. The summed E-state index contributed by atoms with van der Waals surface area (Å²) in [6.45, 7) is 1.82. The molecule has 1 atom stereocenters. The number of likely N-dealkylation sites (tertiary alicyclic amines) is 1. The molecule has 2 fully saturated rings. The molecular weight excluding hydrogens is 318 g/mol. The summed E-state index contributed by atoms with van der Waals surface area (Å²) in [4.78, 5) is 38.8. The molecule has 3 amide bonds. The molecule has 6 heteroatoms. The van der Waals surface area contributed by atoms with Crippen molar-refractivity contribution in [2.45, 2.75) is 25.7 Å². The summed E-state index contributed by atoms with van der Waals surface area (Å²) >= 11 is 0. The summed E-state index contributed by atoms with van der Waals surface area (Å²) in [6.07, 6.45) is 6.34. The van der Waals surface area contributed by atoms with Crippen molar-refractivity contribution < 1.29 is 14.4 Å². The minimum atomic E-state index is -0.339. The number of primary amides is 1. The monoisotopic (exact) mass is 341 g/mol. The smallest absolute Gasteiger partial charge is 0.246 e. The fourth-order valence-electron chi connectivity index (χ4n) is 3.37. The van der Waals surface area contributed by atoms with E-state index < -0.39 is 0 Å². The number of nitrogens with zero attached hydrogens (tertiary/aromatic N) is 2. The Morgan fingerprint density at radius 1 is 1.12 bits per heavy atom. The first kappa shape index (κ1) is 17.2. The number of hydrogen-bond donors (Lipinski definition) is 1. The van der Waals surface area contributed by atoms with Crippen LogP contribution in [0, 0.1) is 5.92 Å². The number of piperidine rings is 1. The van der Waals surface area contributed by atoms with E-state index in [1.165, 1.54) is 6.08 Å². The molecule has 0 radical (unpaired) electrons. The van der Waals surface area contributed by atoms with Gasteiger partial charge in [0.1, 0.15) is 0 Å². The van der Waals surface area contributed by atoms with Crippen LogP contribution in [0.25, 0.3) is 6.08 Å². The Bertz CT molecular complexity index is 696. The predicted molar refractivity (Wildman–Crippen MR) is 95.6 cm³/mol. The number of benzene rings is 1. The fraction of sp³-hybridized carbons (Fsp3) is 0.421. The Morgan fingerprint density at radius 3 is 2.52 bits per heavy atom. The van der Waals surface area contributed by atoms with Crippen molar-refractivity contribution in [1.29, 1.82) is 0 Å². The molecule has 0 saturated carbocycles. The maximum absolute atomic E-state index is 12.3. The Morgan fingerprint density at radius 2 is 1.88 bits per heavy atom. The van der Waals surface area contributed by atoms with E-state index in [1.807, 2.05) is 24.3 Å². The second kappa shape index (κ2) is 7.51. The quantitative estimate of drug-likeness (QED) is 0.844. The van der Waals surface area contributed by atoms with E-state index in [2.05, 4.69) is 0 Å². The van der Waals surface area contributed by atoms with E-state index in [1.54, 1.807) is 15.9 Å². The molecule has 0 bridgehead atoms. The third-order valence-corrected chi connectivity index (χ3v) is 4.83. The molecule has 0 spiro atoms. The van der Waals surface area contributed by atoms with Gasteiger partial charge < -0.3 is 15.5 Å². The average Bonchev–Trinajstić information content (AvgIpc) is 3.06. The van der Waals surface area contributed by atoms with E-state index in [9.17, 15) is 14.4 Å². The highest BCUT2D eigenvalue weighted by Gasteiger charge is 2.26. The van der Waals surface area contributed by atoms with Gasteiger partial charge in [-0.2, -0.15) is 0 Å². The minimum Gasteiger partial charge on any atom is -0.369 e. The predicted octanol–water partition coefficient (Wildman–Crippen LogP) is 1.55. The molecule has 0 aromatic heterocycles. The fourth-order valence-corrected chi connectivity index (χ4v) is 3.37. The van der Waals surface area contributed by atoms with Crippen LogP contribution >= 0.6 is 0 Å². The van der Waals surface area contributed by atoms with Gasteiger partial charge in [0.05, 0.1) is 5.92 Å². The summed E-state index contributed by atoms with van der Waals surface area (Å²) in [7, 11) is 0. The molecule has 2 aliphatic rings. The lowest BCUT2D eigenvalue weighted by Gasteiger charge is -2.30. The Hall–Kier alpha value is -2.63. The van der Waals surface area contributed by atoms with Gasteiger partial charge >= 0.3 is 0 Å². The number of anilines is 1. The molecule has 1 aromatic carbocycles. The van der Waals surface area contributed by atoms with Crippen molar-refractivity contribution in [3.05, 3.63) is 35.9 Å². The summed E-state index contributed by atoms with van der Waals surface area (Å²) in [5, 5.41) is 0. The zero-order valence-corrected chi connectivity index (χ0v) is 14.2.